The van der Waals surface area contributed by atoms with Gasteiger partial charge >= 0.3 is 0 Å². The summed E-state index contributed by atoms with van der Waals surface area (Å²) in [7, 11) is -1.70. The van der Waals surface area contributed by atoms with Crippen molar-refractivity contribution in [3.05, 3.63) is 59.0 Å². The molecule has 0 amide bonds. The zero-order valence-corrected chi connectivity index (χ0v) is 16.1. The Hall–Kier alpha value is -2.60. The lowest BCUT2D eigenvalue weighted by atomic mass is 10.0. The molecule has 0 aliphatic heterocycles. The maximum atomic E-state index is 12.4. The number of nitrogens with zero attached hydrogens (tertiary/aromatic N) is 1. The van der Waals surface area contributed by atoms with Crippen LogP contribution in [0.1, 0.15) is 12.8 Å². The average Bonchev–Trinajstić information content (AvgIpc) is 3.46. The van der Waals surface area contributed by atoms with Gasteiger partial charge in [0.05, 0.1) is 11.5 Å². The fraction of sp³-hybridized carbons (Fsp3) is 0.286. The molecule has 1 saturated carbocycles. The van der Waals surface area contributed by atoms with Crippen LogP contribution in [0.4, 0.5) is 0 Å². The van der Waals surface area contributed by atoms with Gasteiger partial charge in [0.15, 0.2) is 9.84 Å². The summed E-state index contributed by atoms with van der Waals surface area (Å²) in [5, 5.41) is 1.39. The minimum atomic E-state index is -3.40. The molecule has 0 spiro atoms. The predicted molar refractivity (Wildman–Crippen MR) is 106 cm³/mol. The van der Waals surface area contributed by atoms with E-state index in [4.69, 9.17) is 4.74 Å². The van der Waals surface area contributed by atoms with E-state index < -0.39 is 9.84 Å². The first-order valence-corrected chi connectivity index (χ1v) is 10.8. The molecule has 0 unspecified atom stereocenters. The average molecular weight is 383 g/mol. The topological polar surface area (TPSA) is 65.4 Å². The van der Waals surface area contributed by atoms with Crippen molar-refractivity contribution in [3.8, 4) is 16.9 Å². The largest absolute Gasteiger partial charge is 0.493 e. The fourth-order valence-electron chi connectivity index (χ4n) is 3.17. The number of hydrogen-bond acceptors (Lipinski definition) is 4. The Labute approximate surface area is 158 Å². The molecule has 0 saturated heterocycles. The van der Waals surface area contributed by atoms with E-state index in [1.165, 1.54) is 10.8 Å². The molecule has 3 aromatic rings. The molecule has 1 aliphatic carbocycles. The molecule has 1 heterocycles. The molecule has 1 aromatic heterocycles. The van der Waals surface area contributed by atoms with Crippen LogP contribution in [0.3, 0.4) is 0 Å². The number of benzene rings is 2. The second-order valence-electron chi connectivity index (χ2n) is 7.22. The number of hydrogen-bond donors (Lipinski definition) is 0. The molecule has 0 bridgehead atoms. The number of sulfone groups is 1. The summed E-state index contributed by atoms with van der Waals surface area (Å²) in [5.41, 5.74) is 1.43. The van der Waals surface area contributed by atoms with E-state index in [1.54, 1.807) is 31.4 Å². The third-order valence-electron chi connectivity index (χ3n) is 4.89. The molecule has 0 radical (unpaired) electrons. The van der Waals surface area contributed by atoms with Crippen LogP contribution >= 0.6 is 0 Å². The van der Waals surface area contributed by atoms with Crippen molar-refractivity contribution in [2.45, 2.75) is 17.7 Å². The minimum Gasteiger partial charge on any atom is -0.493 e. The number of aryl methyl sites for hydroxylation is 1. The van der Waals surface area contributed by atoms with Crippen LogP contribution in [0.5, 0.6) is 5.75 Å². The lowest BCUT2D eigenvalue weighted by Crippen LogP contribution is -2.16. The highest BCUT2D eigenvalue weighted by Gasteiger charge is 2.22. The first-order valence-electron chi connectivity index (χ1n) is 8.89. The lowest BCUT2D eigenvalue weighted by Gasteiger charge is -2.13. The second kappa shape index (κ2) is 6.53. The third-order valence-corrected chi connectivity index (χ3v) is 5.98. The van der Waals surface area contributed by atoms with Crippen molar-refractivity contribution in [1.82, 2.24) is 4.57 Å². The molecule has 140 valence electrons. The van der Waals surface area contributed by atoms with E-state index in [1.807, 2.05) is 24.3 Å². The summed E-state index contributed by atoms with van der Waals surface area (Å²) in [4.78, 5) is 12.6. The van der Waals surface area contributed by atoms with Crippen molar-refractivity contribution in [1.29, 1.82) is 0 Å². The van der Waals surface area contributed by atoms with E-state index in [0.29, 0.717) is 23.7 Å². The standard InChI is InChI=1S/C21H21NO4S/c1-22-12-20(18-5-3-4-6-19(18)21(22)23)15-9-16(26-13-14-7-8-14)11-17(10-15)27(2,24)25/h3-6,9-12,14H,7-8,13H2,1-2H3. The van der Waals surface area contributed by atoms with Gasteiger partial charge in [0.2, 0.25) is 0 Å². The second-order valence-corrected chi connectivity index (χ2v) is 9.24. The van der Waals surface area contributed by atoms with Gasteiger partial charge in [-0.1, -0.05) is 18.2 Å². The van der Waals surface area contributed by atoms with E-state index >= 15 is 0 Å². The van der Waals surface area contributed by atoms with Gasteiger partial charge in [0, 0.05) is 30.4 Å². The Morgan fingerprint density at radius 2 is 1.81 bits per heavy atom. The van der Waals surface area contributed by atoms with Crippen LogP contribution < -0.4 is 10.3 Å². The van der Waals surface area contributed by atoms with E-state index in [9.17, 15) is 13.2 Å². The van der Waals surface area contributed by atoms with Gasteiger partial charge in [-0.25, -0.2) is 8.42 Å². The molecule has 5 nitrogen and oxygen atoms in total. The Morgan fingerprint density at radius 3 is 2.48 bits per heavy atom. The number of fused-ring (bicyclic) bond motifs is 1. The van der Waals surface area contributed by atoms with Crippen molar-refractivity contribution >= 4 is 20.6 Å². The van der Waals surface area contributed by atoms with Crippen molar-refractivity contribution in [2.24, 2.45) is 13.0 Å². The summed E-state index contributed by atoms with van der Waals surface area (Å²) in [5.74, 6) is 1.10. The molecule has 0 N–H and O–H groups in total. The number of aromatic nitrogens is 1. The van der Waals surface area contributed by atoms with Gasteiger partial charge < -0.3 is 9.30 Å². The van der Waals surface area contributed by atoms with Crippen molar-refractivity contribution in [2.75, 3.05) is 12.9 Å². The Bertz CT molecular complexity index is 1190. The van der Waals surface area contributed by atoms with Gasteiger partial charge in [-0.2, -0.15) is 0 Å². The van der Waals surface area contributed by atoms with Gasteiger partial charge in [0.25, 0.3) is 5.56 Å². The minimum absolute atomic E-state index is 0.0844. The Kier molecular flexibility index (Phi) is 4.30. The maximum Gasteiger partial charge on any atom is 0.258 e. The molecule has 1 fully saturated rings. The number of pyridine rings is 1. The highest BCUT2D eigenvalue weighted by Crippen LogP contribution is 2.34. The van der Waals surface area contributed by atoms with Gasteiger partial charge in [-0.15, -0.1) is 0 Å². The van der Waals surface area contributed by atoms with Crippen molar-refractivity contribution in [3.63, 3.8) is 0 Å². The van der Waals surface area contributed by atoms with Gasteiger partial charge in [-0.05, 0) is 54.0 Å². The molecule has 0 atom stereocenters. The van der Waals surface area contributed by atoms with Crippen molar-refractivity contribution < 1.29 is 13.2 Å². The van der Waals surface area contributed by atoms with E-state index in [2.05, 4.69) is 0 Å². The monoisotopic (exact) mass is 383 g/mol. The molecule has 4 rings (SSSR count). The number of ether oxygens (including phenoxy) is 1. The summed E-state index contributed by atoms with van der Waals surface area (Å²) < 4.78 is 31.8. The van der Waals surface area contributed by atoms with E-state index in [0.717, 1.165) is 29.4 Å². The summed E-state index contributed by atoms with van der Waals surface area (Å²) in [6, 6.07) is 12.4. The molecule has 1 aliphatic rings. The maximum absolute atomic E-state index is 12.4. The highest BCUT2D eigenvalue weighted by atomic mass is 32.2. The smallest absolute Gasteiger partial charge is 0.258 e. The van der Waals surface area contributed by atoms with Crippen LogP contribution in [-0.2, 0) is 16.9 Å². The summed E-state index contributed by atoms with van der Waals surface area (Å²) >= 11 is 0. The van der Waals surface area contributed by atoms with E-state index in [-0.39, 0.29) is 10.5 Å². The SMILES string of the molecule is Cn1cc(-c2cc(OCC3CC3)cc(S(C)(=O)=O)c2)c2ccccc2c1=O. The first kappa shape index (κ1) is 17.8. The fourth-order valence-corrected chi connectivity index (χ4v) is 3.84. The highest BCUT2D eigenvalue weighted by molar-refractivity contribution is 7.90. The van der Waals surface area contributed by atoms with Gasteiger partial charge in [-0.3, -0.25) is 4.79 Å². The van der Waals surface area contributed by atoms with Crippen LogP contribution in [-0.4, -0.2) is 25.8 Å². The van der Waals surface area contributed by atoms with Crippen LogP contribution in [0, 0.1) is 5.92 Å². The van der Waals surface area contributed by atoms with Crippen LogP contribution in [0.25, 0.3) is 21.9 Å². The Balaban J connectivity index is 1.92. The number of rotatable bonds is 5. The van der Waals surface area contributed by atoms with Crippen LogP contribution in [0.15, 0.2) is 58.4 Å². The lowest BCUT2D eigenvalue weighted by molar-refractivity contribution is 0.299. The predicted octanol–water partition coefficient (Wildman–Crippen LogP) is 3.40. The van der Waals surface area contributed by atoms with Gasteiger partial charge in [0.1, 0.15) is 5.75 Å². The first-order chi connectivity index (χ1) is 12.8. The Morgan fingerprint density at radius 1 is 1.11 bits per heavy atom. The summed E-state index contributed by atoms with van der Waals surface area (Å²) in [6.45, 7) is 0.598. The molecule has 6 heteroatoms. The summed E-state index contributed by atoms with van der Waals surface area (Å²) in [6.07, 6.45) is 5.25. The molecular weight excluding hydrogens is 362 g/mol. The third kappa shape index (κ3) is 3.62. The molecule has 27 heavy (non-hydrogen) atoms. The zero-order chi connectivity index (χ0) is 19.2. The normalized spacial score (nSPS) is 14.4. The molecule has 2 aromatic carbocycles. The molecular formula is C21H21NO4S. The zero-order valence-electron chi connectivity index (χ0n) is 15.3. The quantitative estimate of drug-likeness (QED) is 0.677. The van der Waals surface area contributed by atoms with Crippen LogP contribution in [0.2, 0.25) is 0 Å².